The van der Waals surface area contributed by atoms with Gasteiger partial charge in [-0.1, -0.05) is 24.3 Å². The van der Waals surface area contributed by atoms with E-state index in [2.05, 4.69) is 10.3 Å². The Hall–Kier alpha value is -3.30. The molecule has 8 nitrogen and oxygen atoms in total. The van der Waals surface area contributed by atoms with Crippen LogP contribution in [0, 0.1) is 0 Å². The van der Waals surface area contributed by atoms with Crippen molar-refractivity contribution in [2.24, 2.45) is 0 Å². The van der Waals surface area contributed by atoms with Crippen molar-refractivity contribution >= 4 is 38.5 Å². The number of hydrogen-bond acceptors (Lipinski definition) is 6. The highest BCUT2D eigenvalue weighted by Gasteiger charge is 2.25. The molecule has 166 valence electrons. The number of benzene rings is 2. The molecule has 3 aromatic rings. The molecular formula is C23H23N3O5S. The number of carbonyl (C=O) groups excluding carboxylic acids is 2. The van der Waals surface area contributed by atoms with Crippen molar-refractivity contribution in [3.8, 4) is 0 Å². The summed E-state index contributed by atoms with van der Waals surface area (Å²) < 4.78 is 31.0. The smallest absolute Gasteiger partial charge is 0.339 e. The third-order valence-corrected chi connectivity index (χ3v) is 7.17. The van der Waals surface area contributed by atoms with E-state index in [1.54, 1.807) is 6.07 Å². The molecule has 0 atom stereocenters. The fraction of sp³-hybridized carbons (Fsp3) is 0.261. The molecule has 9 heteroatoms. The van der Waals surface area contributed by atoms with Crippen molar-refractivity contribution in [2.75, 3.05) is 26.0 Å². The summed E-state index contributed by atoms with van der Waals surface area (Å²) in [4.78, 5) is 30.0. The number of pyridine rings is 1. The number of nitrogens with one attached hydrogen (secondary N) is 1. The number of esters is 1. The van der Waals surface area contributed by atoms with Crippen LogP contribution in [0.1, 0.15) is 28.0 Å². The van der Waals surface area contributed by atoms with Crippen molar-refractivity contribution in [3.63, 3.8) is 0 Å². The fourth-order valence-electron chi connectivity index (χ4n) is 3.79. The lowest BCUT2D eigenvalue weighted by molar-refractivity contribution is -0.119. The Morgan fingerprint density at radius 2 is 1.88 bits per heavy atom. The minimum atomic E-state index is -3.63. The number of aryl methyl sites for hydroxylation is 1. The van der Waals surface area contributed by atoms with Gasteiger partial charge in [-0.3, -0.25) is 9.78 Å². The van der Waals surface area contributed by atoms with Gasteiger partial charge < -0.3 is 10.1 Å². The normalized spacial score (nSPS) is 13.2. The summed E-state index contributed by atoms with van der Waals surface area (Å²) in [7, 11) is -0.773. The lowest BCUT2D eigenvalue weighted by Crippen LogP contribution is -2.23. The average Bonchev–Trinajstić information content (AvgIpc) is 3.23. The van der Waals surface area contributed by atoms with Gasteiger partial charge >= 0.3 is 5.97 Å². The molecule has 1 N–H and O–H groups in total. The summed E-state index contributed by atoms with van der Waals surface area (Å²) in [5.74, 6) is -1.13. The van der Waals surface area contributed by atoms with Crippen LogP contribution in [-0.2, 0) is 32.4 Å². The van der Waals surface area contributed by atoms with Crippen molar-refractivity contribution in [2.45, 2.75) is 24.2 Å². The molecule has 0 saturated carbocycles. The van der Waals surface area contributed by atoms with Gasteiger partial charge in [0.25, 0.3) is 5.91 Å². The van der Waals surface area contributed by atoms with Crippen molar-refractivity contribution < 1.29 is 22.7 Å². The molecule has 2 aromatic carbocycles. The molecule has 1 aromatic heterocycles. The molecule has 32 heavy (non-hydrogen) atoms. The van der Waals surface area contributed by atoms with Crippen molar-refractivity contribution in [1.82, 2.24) is 9.29 Å². The van der Waals surface area contributed by atoms with E-state index in [9.17, 15) is 18.0 Å². The average molecular weight is 454 g/mol. The molecule has 1 aliphatic carbocycles. The first-order valence-corrected chi connectivity index (χ1v) is 11.6. The Morgan fingerprint density at radius 3 is 2.66 bits per heavy atom. The maximum absolute atomic E-state index is 12.9. The number of ether oxygens (including phenoxy) is 1. The molecule has 0 aliphatic heterocycles. The van der Waals surface area contributed by atoms with E-state index >= 15 is 0 Å². The Balaban J connectivity index is 1.49. The van der Waals surface area contributed by atoms with Crippen LogP contribution in [0.4, 0.5) is 5.69 Å². The number of rotatable bonds is 6. The van der Waals surface area contributed by atoms with Crippen LogP contribution in [0.25, 0.3) is 10.9 Å². The first-order valence-electron chi connectivity index (χ1n) is 10.2. The minimum absolute atomic E-state index is 0.0520. The van der Waals surface area contributed by atoms with Gasteiger partial charge in [0.15, 0.2) is 6.61 Å². The minimum Gasteiger partial charge on any atom is -0.452 e. The molecule has 0 radical (unpaired) electrons. The maximum atomic E-state index is 12.9. The van der Waals surface area contributed by atoms with Gasteiger partial charge in [-0.15, -0.1) is 0 Å². The maximum Gasteiger partial charge on any atom is 0.339 e. The van der Waals surface area contributed by atoms with Crippen LogP contribution in [0.2, 0.25) is 0 Å². The van der Waals surface area contributed by atoms with E-state index in [4.69, 9.17) is 4.74 Å². The number of anilines is 1. The number of hydrogen-bond donors (Lipinski definition) is 1. The molecule has 0 spiro atoms. The number of carbonyl (C=O) groups is 2. The zero-order chi connectivity index (χ0) is 22.9. The fourth-order valence-corrected chi connectivity index (χ4v) is 4.74. The summed E-state index contributed by atoms with van der Waals surface area (Å²) >= 11 is 0. The quantitative estimate of drug-likeness (QED) is 0.576. The number of aromatic nitrogens is 1. The number of amides is 1. The van der Waals surface area contributed by atoms with Gasteiger partial charge in [-0.05, 0) is 49.1 Å². The summed E-state index contributed by atoms with van der Waals surface area (Å²) in [5.41, 5.74) is 3.28. The largest absolute Gasteiger partial charge is 0.452 e. The Morgan fingerprint density at radius 1 is 1.09 bits per heavy atom. The van der Waals surface area contributed by atoms with E-state index in [-0.39, 0.29) is 4.90 Å². The third-order valence-electron chi connectivity index (χ3n) is 5.35. The van der Waals surface area contributed by atoms with Crippen molar-refractivity contribution in [1.29, 1.82) is 0 Å². The zero-order valence-electron chi connectivity index (χ0n) is 17.8. The number of fused-ring (bicyclic) bond motifs is 2. The van der Waals surface area contributed by atoms with E-state index < -0.39 is 28.5 Å². The molecule has 1 aliphatic rings. The van der Waals surface area contributed by atoms with Crippen LogP contribution >= 0.6 is 0 Å². The van der Waals surface area contributed by atoms with Gasteiger partial charge in [-0.2, -0.15) is 0 Å². The van der Waals surface area contributed by atoms with Gasteiger partial charge in [-0.25, -0.2) is 17.5 Å². The first-order chi connectivity index (χ1) is 15.3. The van der Waals surface area contributed by atoms with Crippen LogP contribution in [-0.4, -0.2) is 50.3 Å². The number of para-hydroxylation sites is 1. The molecule has 4 rings (SSSR count). The highest BCUT2D eigenvalue weighted by Crippen LogP contribution is 2.30. The van der Waals surface area contributed by atoms with E-state index in [0.29, 0.717) is 16.6 Å². The van der Waals surface area contributed by atoms with Crippen molar-refractivity contribution in [3.05, 3.63) is 65.4 Å². The van der Waals surface area contributed by atoms with Crippen LogP contribution in [0.5, 0.6) is 0 Å². The molecule has 1 heterocycles. The van der Waals surface area contributed by atoms with Crippen LogP contribution < -0.4 is 5.32 Å². The predicted octanol–water partition coefficient (Wildman–Crippen LogP) is 2.77. The van der Waals surface area contributed by atoms with Gasteiger partial charge in [0, 0.05) is 30.9 Å². The monoisotopic (exact) mass is 453 g/mol. The summed E-state index contributed by atoms with van der Waals surface area (Å²) in [6.07, 6.45) is 2.48. The second-order valence-corrected chi connectivity index (χ2v) is 9.87. The Bertz CT molecular complexity index is 1320. The highest BCUT2D eigenvalue weighted by atomic mass is 32.2. The molecule has 0 saturated heterocycles. The van der Waals surface area contributed by atoms with Gasteiger partial charge in [0.05, 0.1) is 16.0 Å². The molecule has 0 fully saturated rings. The predicted molar refractivity (Wildman–Crippen MR) is 120 cm³/mol. The highest BCUT2D eigenvalue weighted by molar-refractivity contribution is 7.89. The Labute approximate surface area is 186 Å². The Kier molecular flexibility index (Phi) is 5.94. The summed E-state index contributed by atoms with van der Waals surface area (Å²) in [6, 6.07) is 13.3. The molecule has 0 bridgehead atoms. The lowest BCUT2D eigenvalue weighted by atomic mass is 10.0. The number of sulfonamides is 1. The topological polar surface area (TPSA) is 106 Å². The van der Waals surface area contributed by atoms with E-state index in [1.165, 1.54) is 32.3 Å². The van der Waals surface area contributed by atoms with E-state index in [0.717, 1.165) is 40.3 Å². The summed E-state index contributed by atoms with van der Waals surface area (Å²) in [6.45, 7) is -0.491. The second kappa shape index (κ2) is 8.68. The molecular weight excluding hydrogens is 430 g/mol. The number of nitrogens with zero attached hydrogens (tertiary/aromatic N) is 2. The summed E-state index contributed by atoms with van der Waals surface area (Å²) in [5, 5.41) is 3.29. The van der Waals surface area contributed by atoms with Gasteiger partial charge in [0.1, 0.15) is 0 Å². The zero-order valence-corrected chi connectivity index (χ0v) is 18.6. The molecule has 1 amide bonds. The molecule has 0 unspecified atom stereocenters. The van der Waals surface area contributed by atoms with Crippen LogP contribution in [0.15, 0.2) is 53.4 Å². The van der Waals surface area contributed by atoms with Crippen LogP contribution in [0.3, 0.4) is 0 Å². The first kappa shape index (κ1) is 21.9. The standard InChI is InChI=1S/C23H23N3O5S/c1-26(2)32(29,30)16-8-5-7-15(13-16)24-21(27)14-31-23(28)22-17-9-3-4-11-19(17)25-20-12-6-10-18(20)22/h3-5,7-9,11,13H,6,10,12,14H2,1-2H3,(H,24,27). The SMILES string of the molecule is CN(C)S(=O)(=O)c1cccc(NC(=O)COC(=O)c2c3c(nc4ccccc24)CCC3)c1. The van der Waals surface area contributed by atoms with E-state index in [1.807, 2.05) is 24.3 Å². The third kappa shape index (κ3) is 4.21. The second-order valence-electron chi connectivity index (χ2n) is 7.72. The lowest BCUT2D eigenvalue weighted by Gasteiger charge is -2.13. The van der Waals surface area contributed by atoms with Gasteiger partial charge in [0.2, 0.25) is 10.0 Å².